The second kappa shape index (κ2) is 7.14. The number of likely N-dealkylation sites (tertiary alicyclic amines) is 1. The summed E-state index contributed by atoms with van der Waals surface area (Å²) in [5, 5.41) is 0. The lowest BCUT2D eigenvalue weighted by atomic mass is 10.00. The van der Waals surface area contributed by atoms with Gasteiger partial charge in [-0.3, -0.25) is 4.90 Å². The highest BCUT2D eigenvalue weighted by atomic mass is 16.5. The van der Waals surface area contributed by atoms with E-state index in [0.717, 1.165) is 51.4 Å². The molecule has 2 aliphatic heterocycles. The average Bonchev–Trinajstić information content (AvgIpc) is 2.87. The largest absolute Gasteiger partial charge is 0.402 e. The van der Waals surface area contributed by atoms with Crippen LogP contribution in [0, 0.1) is 0 Å². The molecule has 0 spiro atoms. The minimum Gasteiger partial charge on any atom is -0.402 e. The highest BCUT2D eigenvalue weighted by molar-refractivity contribution is 5.38. The molecular formula is C17H27N3O. The highest BCUT2D eigenvalue weighted by Crippen LogP contribution is 2.28. The van der Waals surface area contributed by atoms with Crippen LogP contribution in [0.5, 0.6) is 0 Å². The van der Waals surface area contributed by atoms with Crippen molar-refractivity contribution < 1.29 is 4.74 Å². The molecule has 0 aromatic rings. The molecular weight excluding hydrogens is 262 g/mol. The Balaban J connectivity index is 1.59. The molecule has 0 radical (unpaired) electrons. The second-order valence-electron chi connectivity index (χ2n) is 6.13. The van der Waals surface area contributed by atoms with Gasteiger partial charge in [0.2, 0.25) is 0 Å². The molecule has 0 unspecified atom stereocenters. The normalized spacial score (nSPS) is 24.4. The molecule has 2 heterocycles. The standard InChI is InChI=1S/C17H27N3O/c18-16-5-4-15-3-1-9-20(17(15)7-6-16)11-10-19-8-2-13-21-14-12-19/h4-5,7H,1-3,6,8-14,18H2. The zero-order valence-corrected chi connectivity index (χ0v) is 12.9. The predicted octanol–water partition coefficient (Wildman–Crippen LogP) is 1.86. The van der Waals surface area contributed by atoms with Gasteiger partial charge in [-0.1, -0.05) is 12.2 Å². The van der Waals surface area contributed by atoms with Crippen LogP contribution in [0.25, 0.3) is 0 Å². The van der Waals surface area contributed by atoms with E-state index >= 15 is 0 Å². The molecule has 0 bridgehead atoms. The molecule has 4 heteroatoms. The van der Waals surface area contributed by atoms with E-state index in [4.69, 9.17) is 10.5 Å². The maximum Gasteiger partial charge on any atom is 0.0593 e. The Labute approximate surface area is 127 Å². The topological polar surface area (TPSA) is 41.7 Å². The van der Waals surface area contributed by atoms with E-state index in [-0.39, 0.29) is 0 Å². The van der Waals surface area contributed by atoms with Crippen molar-refractivity contribution >= 4 is 0 Å². The summed E-state index contributed by atoms with van der Waals surface area (Å²) >= 11 is 0. The van der Waals surface area contributed by atoms with Crippen LogP contribution in [-0.4, -0.2) is 55.7 Å². The van der Waals surface area contributed by atoms with Gasteiger partial charge in [0, 0.05) is 57.1 Å². The summed E-state index contributed by atoms with van der Waals surface area (Å²) in [5.41, 5.74) is 9.82. The van der Waals surface area contributed by atoms with Gasteiger partial charge in [0.25, 0.3) is 0 Å². The van der Waals surface area contributed by atoms with Crippen LogP contribution in [0.3, 0.4) is 0 Å². The molecule has 0 aromatic heterocycles. The van der Waals surface area contributed by atoms with Crippen LogP contribution in [0.4, 0.5) is 0 Å². The smallest absolute Gasteiger partial charge is 0.0593 e. The second-order valence-corrected chi connectivity index (χ2v) is 6.13. The highest BCUT2D eigenvalue weighted by Gasteiger charge is 2.21. The number of piperidine rings is 1. The number of ether oxygens (including phenoxy) is 1. The fourth-order valence-electron chi connectivity index (χ4n) is 3.35. The molecule has 1 aliphatic carbocycles. The summed E-state index contributed by atoms with van der Waals surface area (Å²) in [5.74, 6) is 0. The summed E-state index contributed by atoms with van der Waals surface area (Å²) in [6.45, 7) is 7.47. The van der Waals surface area contributed by atoms with Crippen LogP contribution in [0.15, 0.2) is 35.2 Å². The molecule has 21 heavy (non-hydrogen) atoms. The van der Waals surface area contributed by atoms with Crippen LogP contribution in [-0.2, 0) is 4.74 Å². The maximum absolute atomic E-state index is 5.97. The van der Waals surface area contributed by atoms with Crippen molar-refractivity contribution in [3.63, 3.8) is 0 Å². The molecule has 3 rings (SSSR count). The molecule has 2 N–H and O–H groups in total. The van der Waals surface area contributed by atoms with Crippen molar-refractivity contribution in [1.29, 1.82) is 0 Å². The quantitative estimate of drug-likeness (QED) is 0.861. The molecule has 2 fully saturated rings. The van der Waals surface area contributed by atoms with Gasteiger partial charge in [-0.25, -0.2) is 0 Å². The van der Waals surface area contributed by atoms with Gasteiger partial charge in [-0.05, 0) is 30.9 Å². The van der Waals surface area contributed by atoms with Gasteiger partial charge in [0.15, 0.2) is 0 Å². The molecule has 4 nitrogen and oxygen atoms in total. The van der Waals surface area contributed by atoms with Crippen LogP contribution >= 0.6 is 0 Å². The first-order valence-electron chi connectivity index (χ1n) is 8.24. The van der Waals surface area contributed by atoms with E-state index in [1.54, 1.807) is 0 Å². The monoisotopic (exact) mass is 289 g/mol. The van der Waals surface area contributed by atoms with E-state index in [1.165, 1.54) is 37.2 Å². The Bertz CT molecular complexity index is 445. The summed E-state index contributed by atoms with van der Waals surface area (Å²) in [4.78, 5) is 5.09. The Hall–Kier alpha value is -1.26. The third-order valence-corrected chi connectivity index (χ3v) is 4.57. The van der Waals surface area contributed by atoms with Crippen molar-refractivity contribution in [2.75, 3.05) is 45.9 Å². The van der Waals surface area contributed by atoms with Crippen molar-refractivity contribution in [2.45, 2.75) is 25.7 Å². The third kappa shape index (κ3) is 3.89. The lowest BCUT2D eigenvalue weighted by Crippen LogP contribution is -2.38. The Morgan fingerprint density at radius 3 is 2.95 bits per heavy atom. The number of allylic oxidation sites excluding steroid dienone is 4. The average molecular weight is 289 g/mol. The minimum absolute atomic E-state index is 0.878. The van der Waals surface area contributed by atoms with Crippen molar-refractivity contribution in [1.82, 2.24) is 9.80 Å². The Kier molecular flexibility index (Phi) is 4.99. The Morgan fingerprint density at radius 1 is 1.05 bits per heavy atom. The molecule has 3 aliphatic rings. The van der Waals surface area contributed by atoms with Crippen molar-refractivity contribution in [3.8, 4) is 0 Å². The lowest BCUT2D eigenvalue weighted by Gasteiger charge is -2.35. The van der Waals surface area contributed by atoms with Gasteiger partial charge in [0.1, 0.15) is 0 Å². The van der Waals surface area contributed by atoms with Gasteiger partial charge in [-0.15, -0.1) is 0 Å². The van der Waals surface area contributed by atoms with Gasteiger partial charge >= 0.3 is 0 Å². The first-order valence-corrected chi connectivity index (χ1v) is 8.24. The van der Waals surface area contributed by atoms with Gasteiger partial charge in [0.05, 0.1) is 6.61 Å². The predicted molar refractivity (Wildman–Crippen MR) is 85.7 cm³/mol. The number of fused-ring (bicyclic) bond motifs is 1. The van der Waals surface area contributed by atoms with Crippen LogP contribution < -0.4 is 5.73 Å². The van der Waals surface area contributed by atoms with E-state index in [0.29, 0.717) is 0 Å². The molecule has 116 valence electrons. The summed E-state index contributed by atoms with van der Waals surface area (Å²) < 4.78 is 5.53. The van der Waals surface area contributed by atoms with Crippen LogP contribution in [0.2, 0.25) is 0 Å². The zero-order chi connectivity index (χ0) is 14.5. The minimum atomic E-state index is 0.878. The van der Waals surface area contributed by atoms with Crippen molar-refractivity contribution in [2.24, 2.45) is 5.73 Å². The number of nitrogens with two attached hydrogens (primary N) is 1. The maximum atomic E-state index is 5.97. The molecule has 0 amide bonds. The molecule has 0 saturated carbocycles. The van der Waals surface area contributed by atoms with Crippen LogP contribution in [0.1, 0.15) is 25.7 Å². The fourth-order valence-corrected chi connectivity index (χ4v) is 3.35. The fraction of sp³-hybridized carbons (Fsp3) is 0.647. The number of nitrogens with zero attached hydrogens (tertiary/aromatic N) is 2. The molecule has 0 aromatic carbocycles. The summed E-state index contributed by atoms with van der Waals surface area (Å²) in [6.07, 6.45) is 11.1. The SMILES string of the molecule is NC1=CC=C2CCCN(CCN3CCCOCC3)C2=CC1. The van der Waals surface area contributed by atoms with Gasteiger partial charge in [-0.2, -0.15) is 0 Å². The zero-order valence-electron chi connectivity index (χ0n) is 12.9. The van der Waals surface area contributed by atoms with Gasteiger partial charge < -0.3 is 15.4 Å². The third-order valence-electron chi connectivity index (χ3n) is 4.57. The van der Waals surface area contributed by atoms with E-state index in [1.807, 2.05) is 0 Å². The Morgan fingerprint density at radius 2 is 2.00 bits per heavy atom. The van der Waals surface area contributed by atoms with E-state index in [9.17, 15) is 0 Å². The number of hydrogen-bond donors (Lipinski definition) is 1. The first kappa shape index (κ1) is 14.7. The molecule has 0 atom stereocenters. The summed E-state index contributed by atoms with van der Waals surface area (Å²) in [7, 11) is 0. The number of hydrogen-bond acceptors (Lipinski definition) is 4. The van der Waals surface area contributed by atoms with Crippen molar-refractivity contribution in [3.05, 3.63) is 35.2 Å². The van der Waals surface area contributed by atoms with E-state index < -0.39 is 0 Å². The lowest BCUT2D eigenvalue weighted by molar-refractivity contribution is 0.139. The number of rotatable bonds is 3. The first-order chi connectivity index (χ1) is 10.3. The molecule has 2 saturated heterocycles. The summed E-state index contributed by atoms with van der Waals surface area (Å²) in [6, 6.07) is 0. The van der Waals surface area contributed by atoms with E-state index in [2.05, 4.69) is 28.0 Å².